The van der Waals surface area contributed by atoms with E-state index in [9.17, 15) is 19.8 Å². The van der Waals surface area contributed by atoms with Crippen molar-refractivity contribution in [2.24, 2.45) is 0 Å². The fourth-order valence-electron chi connectivity index (χ4n) is 0.258. The molecule has 0 rings (SSSR count). The average molecular weight is 226 g/mol. The number of carbonyl (C=O) groups is 2. The molecule has 3 unspecified atom stereocenters. The fourth-order valence-corrected chi connectivity index (χ4v) is 0.258. The maximum atomic E-state index is 9.63. The van der Waals surface area contributed by atoms with Crippen LogP contribution in [0.3, 0.4) is 0 Å². The van der Waals surface area contributed by atoms with Gasteiger partial charge < -0.3 is 35.7 Å². The number of rotatable bonds is 3. The zero-order chi connectivity index (χ0) is 11.9. The molecule has 8 heteroatoms. The highest BCUT2D eigenvalue weighted by Crippen LogP contribution is 1.88. The summed E-state index contributed by atoms with van der Waals surface area (Å²) in [7, 11) is 0. The minimum atomic E-state index is -2.44. The van der Waals surface area contributed by atoms with Gasteiger partial charge in [-0.2, -0.15) is 0 Å². The molecule has 3 atom stereocenters. The highest BCUT2D eigenvalue weighted by atomic mass is 32.1. The third kappa shape index (κ3) is 9.26. The predicted molar refractivity (Wildman–Crippen MR) is 43.4 cm³/mol. The lowest BCUT2D eigenvalue weighted by Crippen LogP contribution is -2.55. The van der Waals surface area contributed by atoms with Gasteiger partial charge in [0.15, 0.2) is 0 Å². The molecule has 0 fully saturated rings. The summed E-state index contributed by atoms with van der Waals surface area (Å²) in [5.74, 6) is -4.12. The van der Waals surface area contributed by atoms with Crippen molar-refractivity contribution in [3.8, 4) is 0 Å². The lowest BCUT2D eigenvalue weighted by molar-refractivity contribution is -0.379. The van der Waals surface area contributed by atoms with Crippen LogP contribution >= 0.6 is 12.6 Å². The predicted octanol–water partition coefficient (Wildman–Crippen LogP) is -5.29. The number of carboxylic acids is 2. The fraction of sp³-hybridized carbons (Fsp3) is 0.667. The quantitative estimate of drug-likeness (QED) is 0.279. The van der Waals surface area contributed by atoms with E-state index in [1.165, 1.54) is 0 Å². The SMILES string of the molecule is CC([NH3+])S.O=C([O-])C(O)C(O)C(=O)[O-]. The molecule has 0 amide bonds. The molecular formula is C6H12NO6S-. The zero-order valence-electron chi connectivity index (χ0n) is 7.41. The second-order valence-corrected chi connectivity index (χ2v) is 3.26. The molecule has 0 spiro atoms. The monoisotopic (exact) mass is 226 g/mol. The van der Waals surface area contributed by atoms with Crippen molar-refractivity contribution in [3.63, 3.8) is 0 Å². The Balaban J connectivity index is 0. The Kier molecular flexibility index (Phi) is 8.44. The summed E-state index contributed by atoms with van der Waals surface area (Å²) >= 11 is 3.85. The summed E-state index contributed by atoms with van der Waals surface area (Å²) in [5.41, 5.74) is 3.50. The van der Waals surface area contributed by atoms with Crippen LogP contribution in [0.4, 0.5) is 0 Å². The van der Waals surface area contributed by atoms with E-state index in [1.54, 1.807) is 0 Å². The Morgan fingerprint density at radius 3 is 1.43 bits per heavy atom. The summed E-state index contributed by atoms with van der Waals surface area (Å²) in [6, 6.07) is 0. The first-order chi connectivity index (χ1) is 6.20. The molecule has 0 bridgehead atoms. The van der Waals surface area contributed by atoms with Gasteiger partial charge in [-0.05, 0) is 6.92 Å². The molecule has 5 N–H and O–H groups in total. The lowest BCUT2D eigenvalue weighted by Gasteiger charge is -2.18. The third-order valence-electron chi connectivity index (χ3n) is 0.782. The molecule has 84 valence electrons. The topological polar surface area (TPSA) is 148 Å². The van der Waals surface area contributed by atoms with E-state index in [0.717, 1.165) is 0 Å². The molecule has 0 saturated carbocycles. The van der Waals surface area contributed by atoms with Crippen molar-refractivity contribution in [3.05, 3.63) is 0 Å². The summed E-state index contributed by atoms with van der Waals surface area (Å²) in [6.45, 7) is 1.92. The number of hydrogen-bond donors (Lipinski definition) is 4. The summed E-state index contributed by atoms with van der Waals surface area (Å²) in [5, 5.41) is 36.0. The molecule has 0 aliphatic carbocycles. The van der Waals surface area contributed by atoms with Crippen LogP contribution in [0.5, 0.6) is 0 Å². The Morgan fingerprint density at radius 2 is 1.36 bits per heavy atom. The van der Waals surface area contributed by atoms with E-state index >= 15 is 0 Å². The molecular weight excluding hydrogens is 214 g/mol. The minimum absolute atomic E-state index is 0.278. The van der Waals surface area contributed by atoms with Crippen molar-refractivity contribution < 1.29 is 35.7 Å². The number of aliphatic carboxylic acids is 2. The second-order valence-electron chi connectivity index (χ2n) is 2.38. The first kappa shape index (κ1) is 15.6. The van der Waals surface area contributed by atoms with Gasteiger partial charge in [-0.15, -0.1) is 12.6 Å². The number of carbonyl (C=O) groups excluding carboxylic acids is 2. The first-order valence-corrected chi connectivity index (χ1v) is 4.00. The molecule has 0 aromatic rings. The smallest absolute Gasteiger partial charge is 0.125 e. The Bertz CT molecular complexity index is 176. The first-order valence-electron chi connectivity index (χ1n) is 3.49. The third-order valence-corrected chi connectivity index (χ3v) is 0.782. The van der Waals surface area contributed by atoms with Crippen LogP contribution in [0, 0.1) is 0 Å². The maximum absolute atomic E-state index is 9.63. The van der Waals surface area contributed by atoms with Gasteiger partial charge in [0.2, 0.25) is 0 Å². The zero-order valence-corrected chi connectivity index (χ0v) is 8.31. The number of thiol groups is 1. The highest BCUT2D eigenvalue weighted by Gasteiger charge is 2.17. The van der Waals surface area contributed by atoms with Crippen LogP contribution in [-0.2, 0) is 9.59 Å². The maximum Gasteiger partial charge on any atom is 0.125 e. The standard InChI is InChI=1S/C4H6O6.C2H7NS/c5-1(3(7)8)2(6)4(9)10;1-2(3)4/h1-2,5-6H,(H,7,8)(H,9,10);2,4H,3H2,1H3/p-1. The van der Waals surface area contributed by atoms with Crippen LogP contribution in [0.25, 0.3) is 0 Å². The molecule has 0 radical (unpaired) electrons. The molecule has 0 aromatic heterocycles. The highest BCUT2D eigenvalue weighted by molar-refractivity contribution is 7.80. The van der Waals surface area contributed by atoms with Crippen molar-refractivity contribution in [1.82, 2.24) is 0 Å². The number of aliphatic hydroxyl groups is 2. The van der Waals surface area contributed by atoms with E-state index in [1.807, 2.05) is 6.92 Å². The van der Waals surface area contributed by atoms with Crippen LogP contribution in [-0.4, -0.2) is 39.7 Å². The molecule has 14 heavy (non-hydrogen) atoms. The van der Waals surface area contributed by atoms with E-state index in [2.05, 4.69) is 18.4 Å². The van der Waals surface area contributed by atoms with E-state index in [4.69, 9.17) is 10.2 Å². The van der Waals surface area contributed by atoms with Gasteiger partial charge in [-0.1, -0.05) is 0 Å². The number of hydrogen-bond acceptors (Lipinski definition) is 7. The molecule has 0 aliphatic heterocycles. The van der Waals surface area contributed by atoms with Gasteiger partial charge in [0.05, 0.1) is 11.9 Å². The Labute approximate surface area is 85.6 Å². The Hall–Kier alpha value is -0.830. The van der Waals surface area contributed by atoms with Gasteiger partial charge in [0.1, 0.15) is 17.6 Å². The van der Waals surface area contributed by atoms with Gasteiger partial charge >= 0.3 is 0 Å². The summed E-state index contributed by atoms with van der Waals surface area (Å²) < 4.78 is 0. The average Bonchev–Trinajstić information content (AvgIpc) is 2.00. The molecule has 0 aromatic carbocycles. The summed E-state index contributed by atoms with van der Waals surface area (Å²) in [6.07, 6.45) is -4.88. The van der Waals surface area contributed by atoms with Crippen LogP contribution in [0.15, 0.2) is 0 Å². The largest absolute Gasteiger partial charge is 0.547 e. The number of aliphatic hydroxyl groups excluding tert-OH is 2. The normalized spacial score (nSPS) is 15.8. The Morgan fingerprint density at radius 1 is 1.21 bits per heavy atom. The van der Waals surface area contributed by atoms with E-state index in [0.29, 0.717) is 0 Å². The lowest BCUT2D eigenvalue weighted by atomic mass is 10.2. The molecule has 0 aliphatic rings. The van der Waals surface area contributed by atoms with Crippen LogP contribution in [0.1, 0.15) is 6.92 Å². The van der Waals surface area contributed by atoms with Crippen LogP contribution in [0.2, 0.25) is 0 Å². The van der Waals surface area contributed by atoms with Crippen LogP contribution < -0.4 is 15.9 Å². The number of quaternary nitrogens is 1. The van der Waals surface area contributed by atoms with Crippen molar-refractivity contribution in [1.29, 1.82) is 0 Å². The van der Waals surface area contributed by atoms with Crippen molar-refractivity contribution in [2.75, 3.05) is 0 Å². The van der Waals surface area contributed by atoms with E-state index < -0.39 is 24.1 Å². The summed E-state index contributed by atoms with van der Waals surface area (Å²) in [4.78, 5) is 19.3. The minimum Gasteiger partial charge on any atom is -0.547 e. The van der Waals surface area contributed by atoms with Gasteiger partial charge in [-0.25, -0.2) is 0 Å². The second kappa shape index (κ2) is 7.56. The van der Waals surface area contributed by atoms with Gasteiger partial charge in [-0.3, -0.25) is 0 Å². The van der Waals surface area contributed by atoms with Crippen molar-refractivity contribution >= 4 is 24.6 Å². The van der Waals surface area contributed by atoms with Crippen molar-refractivity contribution in [2.45, 2.75) is 24.5 Å². The van der Waals surface area contributed by atoms with Gasteiger partial charge in [0, 0.05) is 0 Å². The van der Waals surface area contributed by atoms with E-state index in [-0.39, 0.29) is 5.37 Å². The molecule has 0 saturated heterocycles. The number of carboxylic acid groups (broad SMARTS) is 2. The molecule has 7 nitrogen and oxygen atoms in total. The molecule has 0 heterocycles. The van der Waals surface area contributed by atoms with Gasteiger partial charge in [0.25, 0.3) is 0 Å².